The smallest absolute Gasteiger partial charge is 0.303 e. The molecule has 1 saturated heterocycles. The first-order valence-corrected chi connectivity index (χ1v) is 13.5. The molecule has 2 aliphatic heterocycles. The summed E-state index contributed by atoms with van der Waals surface area (Å²) in [5, 5.41) is 15.5. The van der Waals surface area contributed by atoms with Crippen LogP contribution >= 0.6 is 15.9 Å². The monoisotopic (exact) mass is 559 g/mol. The molecule has 190 valence electrons. The largest absolute Gasteiger partial charge is 0.481 e. The predicted molar refractivity (Wildman–Crippen MR) is 151 cm³/mol. The molecule has 5 rings (SSSR count). The van der Waals surface area contributed by atoms with Crippen molar-refractivity contribution in [2.45, 2.75) is 38.6 Å². The lowest BCUT2D eigenvalue weighted by Crippen LogP contribution is -2.29. The van der Waals surface area contributed by atoms with Gasteiger partial charge in [-0.2, -0.15) is 0 Å². The number of amides is 1. The molecule has 0 aliphatic carbocycles. The van der Waals surface area contributed by atoms with Crippen LogP contribution in [0.15, 0.2) is 71.2 Å². The Morgan fingerprint density at radius 2 is 1.65 bits per heavy atom. The number of carbonyl (C=O) groups is 2. The van der Waals surface area contributed by atoms with Crippen LogP contribution < -0.4 is 10.6 Å². The van der Waals surface area contributed by atoms with E-state index in [9.17, 15) is 9.59 Å². The molecule has 37 heavy (non-hydrogen) atoms. The number of nitrogens with zero attached hydrogens (tertiary/aromatic N) is 1. The van der Waals surface area contributed by atoms with E-state index in [1.807, 2.05) is 42.5 Å². The number of nitrogens with one attached hydrogen (secondary N) is 2. The molecular formula is C30H30BrN3O3. The van der Waals surface area contributed by atoms with Gasteiger partial charge in [0.2, 0.25) is 0 Å². The maximum atomic E-state index is 13.2. The van der Waals surface area contributed by atoms with Crippen LogP contribution in [0.4, 0.5) is 11.4 Å². The van der Waals surface area contributed by atoms with E-state index in [1.165, 1.54) is 24.8 Å². The molecule has 0 unspecified atom stereocenters. The van der Waals surface area contributed by atoms with Crippen LogP contribution in [-0.4, -0.2) is 35.0 Å². The molecule has 3 aromatic carbocycles. The third-order valence-electron chi connectivity index (χ3n) is 6.92. The molecule has 1 fully saturated rings. The fourth-order valence-corrected chi connectivity index (χ4v) is 5.34. The van der Waals surface area contributed by atoms with Crippen molar-refractivity contribution < 1.29 is 14.7 Å². The molecule has 1 amide bonds. The highest BCUT2D eigenvalue weighted by molar-refractivity contribution is 9.10. The lowest BCUT2D eigenvalue weighted by Gasteiger charge is -2.26. The van der Waals surface area contributed by atoms with Gasteiger partial charge in [-0.1, -0.05) is 64.8 Å². The number of hydrogen-bond acceptors (Lipinski definition) is 4. The first-order valence-electron chi connectivity index (χ1n) is 12.7. The van der Waals surface area contributed by atoms with Gasteiger partial charge in [0.1, 0.15) is 0 Å². The highest BCUT2D eigenvalue weighted by Crippen LogP contribution is 2.39. The zero-order chi connectivity index (χ0) is 25.8. The third-order valence-corrected chi connectivity index (χ3v) is 7.42. The van der Waals surface area contributed by atoms with Gasteiger partial charge in [0.05, 0.1) is 17.0 Å². The van der Waals surface area contributed by atoms with E-state index in [0.29, 0.717) is 17.7 Å². The maximum absolute atomic E-state index is 13.2. The lowest BCUT2D eigenvalue weighted by molar-refractivity contribution is -0.137. The molecule has 2 heterocycles. The molecular weight excluding hydrogens is 530 g/mol. The van der Waals surface area contributed by atoms with E-state index in [4.69, 9.17) is 5.11 Å². The molecule has 0 saturated carbocycles. The number of fused-ring (bicyclic) bond motifs is 1. The number of carbonyl (C=O) groups excluding carboxylic acids is 1. The summed E-state index contributed by atoms with van der Waals surface area (Å²) in [5.41, 5.74) is 6.88. The van der Waals surface area contributed by atoms with E-state index in [0.717, 1.165) is 52.2 Å². The summed E-state index contributed by atoms with van der Waals surface area (Å²) in [7, 11) is 0. The Hall–Kier alpha value is -3.42. The summed E-state index contributed by atoms with van der Waals surface area (Å²) in [6.45, 7) is 3.27. The molecule has 3 aromatic rings. The molecule has 0 radical (unpaired) electrons. The Balaban J connectivity index is 1.46. The number of carboxylic acids is 1. The van der Waals surface area contributed by atoms with Crippen molar-refractivity contribution in [1.82, 2.24) is 4.90 Å². The molecule has 0 aromatic heterocycles. The van der Waals surface area contributed by atoms with Crippen LogP contribution in [-0.2, 0) is 22.6 Å². The molecule has 2 aliphatic rings. The summed E-state index contributed by atoms with van der Waals surface area (Å²) < 4.78 is 0.898. The molecule has 6 nitrogen and oxygen atoms in total. The number of anilines is 2. The van der Waals surface area contributed by atoms with Crippen LogP contribution in [0.3, 0.4) is 0 Å². The zero-order valence-corrected chi connectivity index (χ0v) is 22.2. The van der Waals surface area contributed by atoms with E-state index < -0.39 is 5.97 Å². The summed E-state index contributed by atoms with van der Waals surface area (Å²) in [6.07, 6.45) is 4.41. The molecule has 7 heteroatoms. The van der Waals surface area contributed by atoms with Crippen LogP contribution in [0.1, 0.15) is 47.9 Å². The Kier molecular flexibility index (Phi) is 7.72. The van der Waals surface area contributed by atoms with Crippen LogP contribution in [0.5, 0.6) is 0 Å². The van der Waals surface area contributed by atoms with Crippen LogP contribution in [0.25, 0.3) is 11.3 Å². The number of aliphatic carboxylic acids is 1. The van der Waals surface area contributed by atoms with Crippen molar-refractivity contribution in [3.05, 3.63) is 93.5 Å². The summed E-state index contributed by atoms with van der Waals surface area (Å²) in [6, 6.07) is 22.0. The molecule has 0 atom stereocenters. The number of carboxylic acid groups (broad SMARTS) is 1. The average Bonchev–Trinajstić information content (AvgIpc) is 3.22. The molecule has 0 spiro atoms. The van der Waals surface area contributed by atoms with E-state index in [-0.39, 0.29) is 12.3 Å². The minimum Gasteiger partial charge on any atom is -0.481 e. The number of benzene rings is 3. The van der Waals surface area contributed by atoms with Crippen molar-refractivity contribution >= 4 is 50.5 Å². The highest BCUT2D eigenvalue weighted by atomic mass is 79.9. The first kappa shape index (κ1) is 25.2. The van der Waals surface area contributed by atoms with Gasteiger partial charge in [0.15, 0.2) is 0 Å². The highest BCUT2D eigenvalue weighted by Gasteiger charge is 2.28. The van der Waals surface area contributed by atoms with Gasteiger partial charge in [0, 0.05) is 28.7 Å². The fraction of sp³-hybridized carbons (Fsp3) is 0.267. The topological polar surface area (TPSA) is 81.7 Å². The van der Waals surface area contributed by atoms with Gasteiger partial charge in [0.25, 0.3) is 5.91 Å². The fourth-order valence-electron chi connectivity index (χ4n) is 4.98. The number of rotatable bonds is 8. The summed E-state index contributed by atoms with van der Waals surface area (Å²) in [5.74, 6) is -0.977. The van der Waals surface area contributed by atoms with Gasteiger partial charge < -0.3 is 15.7 Å². The minimum atomic E-state index is -0.817. The molecule has 3 N–H and O–H groups in total. The van der Waals surface area contributed by atoms with Gasteiger partial charge >= 0.3 is 5.97 Å². The van der Waals surface area contributed by atoms with Gasteiger partial charge in [-0.25, -0.2) is 0 Å². The second-order valence-electron chi connectivity index (χ2n) is 9.64. The Labute approximate surface area is 225 Å². The van der Waals surface area contributed by atoms with Crippen molar-refractivity contribution in [3.8, 4) is 0 Å². The van der Waals surface area contributed by atoms with Gasteiger partial charge in [-0.3, -0.25) is 14.5 Å². The van der Waals surface area contributed by atoms with Crippen LogP contribution in [0.2, 0.25) is 0 Å². The number of aryl methyl sites for hydroxylation is 1. The zero-order valence-electron chi connectivity index (χ0n) is 20.6. The molecule has 0 bridgehead atoms. The Morgan fingerprint density at radius 3 is 2.35 bits per heavy atom. The number of piperidine rings is 1. The van der Waals surface area contributed by atoms with Gasteiger partial charge in [-0.05, 0) is 73.3 Å². The number of hydrogen-bond donors (Lipinski definition) is 3. The Morgan fingerprint density at radius 1 is 0.946 bits per heavy atom. The SMILES string of the molecule is O=C(O)CCc1ccc(/C(Nc2ccc(CN3CCCCC3)cc2)=C2/C(=O)Nc3cc(Br)ccc32)cc1. The normalized spacial score (nSPS) is 16.7. The standard InChI is InChI=1S/C30H30BrN3O3/c31-23-11-14-25-26(18-23)33-30(37)28(25)29(22-9-4-20(5-10-22)8-15-27(35)36)32-24-12-6-21(7-13-24)19-34-16-2-1-3-17-34/h4-7,9-14,18,32H,1-3,8,15-17,19H2,(H,33,37)(H,35,36)/b29-28-. The second-order valence-corrected chi connectivity index (χ2v) is 10.6. The van der Waals surface area contributed by atoms with Crippen molar-refractivity contribution in [3.63, 3.8) is 0 Å². The minimum absolute atomic E-state index is 0.0833. The number of halogens is 1. The Bertz CT molecular complexity index is 1330. The van der Waals surface area contributed by atoms with Gasteiger partial charge in [-0.15, -0.1) is 0 Å². The van der Waals surface area contributed by atoms with Crippen molar-refractivity contribution in [2.75, 3.05) is 23.7 Å². The average molecular weight is 560 g/mol. The second kappa shape index (κ2) is 11.3. The van der Waals surface area contributed by atoms with Crippen molar-refractivity contribution in [1.29, 1.82) is 0 Å². The maximum Gasteiger partial charge on any atom is 0.303 e. The van der Waals surface area contributed by atoms with E-state index >= 15 is 0 Å². The number of likely N-dealkylation sites (tertiary alicyclic amines) is 1. The summed E-state index contributed by atoms with van der Waals surface area (Å²) in [4.78, 5) is 26.6. The summed E-state index contributed by atoms with van der Waals surface area (Å²) >= 11 is 3.49. The van der Waals surface area contributed by atoms with Crippen LogP contribution in [0, 0.1) is 0 Å². The quantitative estimate of drug-likeness (QED) is 0.279. The van der Waals surface area contributed by atoms with E-state index in [2.05, 4.69) is 55.7 Å². The van der Waals surface area contributed by atoms with E-state index in [1.54, 1.807) is 0 Å². The lowest BCUT2D eigenvalue weighted by atomic mass is 9.98. The third kappa shape index (κ3) is 6.12. The predicted octanol–water partition coefficient (Wildman–Crippen LogP) is 6.38. The first-order chi connectivity index (χ1) is 18.0. The van der Waals surface area contributed by atoms with Crippen molar-refractivity contribution in [2.24, 2.45) is 0 Å².